The lowest BCUT2D eigenvalue weighted by atomic mass is 10.0. The van der Waals surface area contributed by atoms with Crippen molar-refractivity contribution in [3.8, 4) is 22.4 Å². The Morgan fingerprint density at radius 1 is 1.17 bits per heavy atom. The fourth-order valence-corrected chi connectivity index (χ4v) is 5.69. The number of likely N-dealkylation sites (N-methyl/N-ethyl adjacent to an activating group) is 1. The minimum absolute atomic E-state index is 0.537. The molecule has 1 aliphatic rings. The number of hydrogen-bond acceptors (Lipinski definition) is 8. The zero-order valence-corrected chi connectivity index (χ0v) is 20.5. The lowest BCUT2D eigenvalue weighted by Crippen LogP contribution is -2.32. The molecule has 0 radical (unpaired) electrons. The van der Waals surface area contributed by atoms with Crippen LogP contribution in [-0.2, 0) is 0 Å². The van der Waals surface area contributed by atoms with Gasteiger partial charge < -0.3 is 9.80 Å². The van der Waals surface area contributed by atoms with Crippen molar-refractivity contribution in [2.75, 3.05) is 32.1 Å². The van der Waals surface area contributed by atoms with Crippen LogP contribution in [0.25, 0.3) is 32.6 Å². The molecule has 4 aromatic rings. The SMILES string of the molecule is CN(C)C1CCN(c2ncc(-c3ccc(-c4cnn(PI)c4)c4ncsc34)nn2)C1. The number of anilines is 1. The third kappa shape index (κ3) is 3.70. The average molecular weight is 550 g/mol. The number of fused-ring (bicyclic) bond motifs is 1. The quantitative estimate of drug-likeness (QED) is 0.275. The van der Waals surface area contributed by atoms with Gasteiger partial charge in [0.05, 0.1) is 34.5 Å². The second-order valence-corrected chi connectivity index (χ2v) is 10.4. The Labute approximate surface area is 193 Å². The maximum Gasteiger partial charge on any atom is 0.245 e. The largest absolute Gasteiger partial charge is 0.338 e. The van der Waals surface area contributed by atoms with Gasteiger partial charge >= 0.3 is 0 Å². The van der Waals surface area contributed by atoms with E-state index in [1.54, 1.807) is 11.3 Å². The fourth-order valence-electron chi connectivity index (χ4n) is 3.78. The molecule has 4 heterocycles. The first-order valence-corrected chi connectivity index (χ1v) is 14.5. The van der Waals surface area contributed by atoms with E-state index in [-0.39, 0.29) is 0 Å². The number of hydrogen-bond donors (Lipinski definition) is 0. The molecule has 0 bridgehead atoms. The molecule has 154 valence electrons. The highest BCUT2D eigenvalue weighted by Crippen LogP contribution is 2.37. The molecule has 2 unspecified atom stereocenters. The van der Waals surface area contributed by atoms with Crippen molar-refractivity contribution in [2.24, 2.45) is 0 Å². The van der Waals surface area contributed by atoms with E-state index < -0.39 is 0 Å². The van der Waals surface area contributed by atoms with Gasteiger partial charge in [-0.15, -0.1) is 21.5 Å². The van der Waals surface area contributed by atoms with E-state index in [1.165, 1.54) is 0 Å². The Morgan fingerprint density at radius 3 is 2.73 bits per heavy atom. The summed E-state index contributed by atoms with van der Waals surface area (Å²) in [7, 11) is 4.24. The van der Waals surface area contributed by atoms with Gasteiger partial charge in [0.1, 0.15) is 5.69 Å². The maximum absolute atomic E-state index is 4.62. The van der Waals surface area contributed by atoms with Crippen LogP contribution in [-0.4, -0.2) is 67.8 Å². The van der Waals surface area contributed by atoms with Crippen LogP contribution in [0.3, 0.4) is 0 Å². The van der Waals surface area contributed by atoms with Gasteiger partial charge in [0, 0.05) is 42.0 Å². The Kier molecular flexibility index (Phi) is 5.65. The molecule has 0 spiro atoms. The summed E-state index contributed by atoms with van der Waals surface area (Å²) in [5.41, 5.74) is 6.79. The highest BCUT2D eigenvalue weighted by atomic mass is 127. The second kappa shape index (κ2) is 8.41. The molecule has 0 N–H and O–H groups in total. The number of thiazole rings is 1. The molecule has 0 aliphatic carbocycles. The van der Waals surface area contributed by atoms with E-state index in [4.69, 9.17) is 0 Å². The third-order valence-electron chi connectivity index (χ3n) is 5.47. The molecule has 1 saturated heterocycles. The molecular weight excluding hydrogens is 530 g/mol. The van der Waals surface area contributed by atoms with Gasteiger partial charge in [-0.3, -0.25) is 0 Å². The monoisotopic (exact) mass is 550 g/mol. The van der Waals surface area contributed by atoms with Gasteiger partial charge in [0.2, 0.25) is 5.95 Å². The summed E-state index contributed by atoms with van der Waals surface area (Å²) in [4.78, 5) is 13.7. The third-order valence-corrected chi connectivity index (χ3v) is 8.23. The van der Waals surface area contributed by atoms with Crippen molar-refractivity contribution >= 4 is 55.9 Å². The first kappa shape index (κ1) is 20.2. The first-order valence-electron chi connectivity index (χ1n) is 9.53. The lowest BCUT2D eigenvalue weighted by molar-refractivity contribution is 0.315. The molecule has 1 aliphatic heterocycles. The summed E-state index contributed by atoms with van der Waals surface area (Å²) in [6.07, 6.45) is 7.48. The summed E-state index contributed by atoms with van der Waals surface area (Å²) in [6.45, 7) is 1.90. The second-order valence-electron chi connectivity index (χ2n) is 7.44. The average Bonchev–Trinajstić information content (AvgIpc) is 3.53. The van der Waals surface area contributed by atoms with Crippen LogP contribution in [0, 0.1) is 0 Å². The van der Waals surface area contributed by atoms with E-state index in [2.05, 4.69) is 89.5 Å². The number of nitrogens with zero attached hydrogens (tertiary/aromatic N) is 8. The molecule has 8 nitrogen and oxygen atoms in total. The van der Waals surface area contributed by atoms with Gasteiger partial charge in [0.25, 0.3) is 0 Å². The van der Waals surface area contributed by atoms with Crippen molar-refractivity contribution in [1.82, 2.24) is 34.6 Å². The Balaban J connectivity index is 1.46. The predicted octanol–water partition coefficient (Wildman–Crippen LogP) is 3.94. The van der Waals surface area contributed by atoms with Crippen molar-refractivity contribution < 1.29 is 0 Å². The van der Waals surface area contributed by atoms with Crippen molar-refractivity contribution in [1.29, 1.82) is 0 Å². The topological polar surface area (TPSA) is 75.9 Å². The van der Waals surface area contributed by atoms with Crippen LogP contribution < -0.4 is 4.90 Å². The van der Waals surface area contributed by atoms with Gasteiger partial charge in [-0.1, -0.05) is 12.1 Å². The van der Waals surface area contributed by atoms with Crippen LogP contribution in [0.15, 0.2) is 36.2 Å². The zero-order chi connectivity index (χ0) is 20.7. The fraction of sp³-hybridized carbons (Fsp3) is 0.316. The smallest absolute Gasteiger partial charge is 0.245 e. The molecule has 1 fully saturated rings. The molecule has 0 amide bonds. The maximum atomic E-state index is 4.62. The van der Waals surface area contributed by atoms with Gasteiger partial charge in [-0.05, 0) is 42.6 Å². The van der Waals surface area contributed by atoms with Crippen LogP contribution in [0.2, 0.25) is 0 Å². The molecule has 0 saturated carbocycles. The summed E-state index contributed by atoms with van der Waals surface area (Å²) >= 11 is 3.94. The molecule has 3 aromatic heterocycles. The van der Waals surface area contributed by atoms with Crippen LogP contribution >= 0.6 is 39.8 Å². The Bertz CT molecular complexity index is 1170. The van der Waals surface area contributed by atoms with Crippen molar-refractivity contribution in [2.45, 2.75) is 12.5 Å². The molecule has 1 aromatic carbocycles. The van der Waals surface area contributed by atoms with Crippen LogP contribution in [0.1, 0.15) is 6.42 Å². The van der Waals surface area contributed by atoms with Gasteiger partial charge in [-0.25, -0.2) is 14.4 Å². The summed E-state index contributed by atoms with van der Waals surface area (Å²) < 4.78 is 3.03. The van der Waals surface area contributed by atoms with Gasteiger partial charge in [0.15, 0.2) is 0 Å². The molecule has 11 heteroatoms. The Hall–Kier alpha value is -1.75. The Morgan fingerprint density at radius 2 is 2.03 bits per heavy atom. The highest BCUT2D eigenvalue weighted by Gasteiger charge is 2.26. The predicted molar refractivity (Wildman–Crippen MR) is 132 cm³/mol. The number of benzene rings is 1. The zero-order valence-electron chi connectivity index (χ0n) is 16.5. The minimum atomic E-state index is 0.537. The molecule has 5 rings (SSSR count). The molecular formula is C19H20IN8PS. The van der Waals surface area contributed by atoms with Crippen molar-refractivity contribution in [3.63, 3.8) is 0 Å². The van der Waals surface area contributed by atoms with E-state index in [0.29, 0.717) is 18.4 Å². The van der Waals surface area contributed by atoms with E-state index >= 15 is 0 Å². The van der Waals surface area contributed by atoms with E-state index in [0.717, 1.165) is 52.1 Å². The minimum Gasteiger partial charge on any atom is -0.338 e. The summed E-state index contributed by atoms with van der Waals surface area (Å²) in [6, 6.07) is 4.71. The highest BCUT2D eigenvalue weighted by molar-refractivity contribution is 14.2. The van der Waals surface area contributed by atoms with E-state index in [9.17, 15) is 0 Å². The standard InChI is InChI=1S/C19H20IN8PS/c1-26(2)13-5-6-27(10-13)19-21-8-16(24-25-19)15-4-3-14(17-18(15)30-11-22-17)12-7-23-28(9-12)29-20/h3-4,7-9,11,13,29H,5-6,10H2,1-2H3. The van der Waals surface area contributed by atoms with Crippen molar-refractivity contribution in [3.05, 3.63) is 36.2 Å². The number of aromatic nitrogens is 6. The first-order chi connectivity index (χ1) is 14.6. The lowest BCUT2D eigenvalue weighted by Gasteiger charge is -2.20. The molecule has 2 atom stereocenters. The number of halogens is 1. The van der Waals surface area contributed by atoms with E-state index in [1.807, 2.05) is 22.4 Å². The summed E-state index contributed by atoms with van der Waals surface area (Å²) in [5, 5.41) is 13.3. The van der Waals surface area contributed by atoms with Crippen LogP contribution in [0.4, 0.5) is 5.95 Å². The molecule has 30 heavy (non-hydrogen) atoms. The van der Waals surface area contributed by atoms with Crippen LogP contribution in [0.5, 0.6) is 0 Å². The number of rotatable bonds is 5. The summed E-state index contributed by atoms with van der Waals surface area (Å²) in [5.74, 6) is 0.701. The van der Waals surface area contributed by atoms with Gasteiger partial charge in [-0.2, -0.15) is 5.10 Å². The normalized spacial score (nSPS) is 17.2.